The van der Waals surface area contributed by atoms with Gasteiger partial charge in [0, 0.05) is 30.4 Å². The molecular formula is C13H22N4. The van der Waals surface area contributed by atoms with Crippen molar-refractivity contribution in [2.24, 2.45) is 0 Å². The lowest BCUT2D eigenvalue weighted by Crippen LogP contribution is -2.42. The maximum Gasteiger partial charge on any atom is 0.130 e. The molecule has 0 amide bonds. The fourth-order valence-electron chi connectivity index (χ4n) is 2.42. The third-order valence-electron chi connectivity index (χ3n) is 3.53. The molecule has 4 nitrogen and oxygen atoms in total. The van der Waals surface area contributed by atoms with Gasteiger partial charge in [-0.3, -0.25) is 0 Å². The minimum atomic E-state index is 0.537. The van der Waals surface area contributed by atoms with Gasteiger partial charge in [0.2, 0.25) is 0 Å². The van der Waals surface area contributed by atoms with Crippen LogP contribution in [0.25, 0.3) is 0 Å². The summed E-state index contributed by atoms with van der Waals surface area (Å²) in [5.74, 6) is 1.81. The molecule has 2 atom stereocenters. The Hall–Kier alpha value is -1.16. The largest absolute Gasteiger partial charge is 0.367 e. The van der Waals surface area contributed by atoms with E-state index in [9.17, 15) is 0 Å². The van der Waals surface area contributed by atoms with Gasteiger partial charge in [0.15, 0.2) is 0 Å². The van der Waals surface area contributed by atoms with E-state index in [1.807, 2.05) is 19.9 Å². The van der Waals surface area contributed by atoms with Gasteiger partial charge in [0.05, 0.1) is 0 Å². The molecule has 0 saturated carbocycles. The number of nitrogens with one attached hydrogen (secondary N) is 1. The number of rotatable bonds is 2. The normalized spacial score (nSPS) is 25.9. The van der Waals surface area contributed by atoms with Gasteiger partial charge < -0.3 is 10.2 Å². The van der Waals surface area contributed by atoms with Crippen LogP contribution in [-0.2, 0) is 0 Å². The van der Waals surface area contributed by atoms with Crippen LogP contribution in [0.15, 0.2) is 6.07 Å². The summed E-state index contributed by atoms with van der Waals surface area (Å²) in [5, 5.41) is 3.54. The van der Waals surface area contributed by atoms with Gasteiger partial charge in [-0.1, -0.05) is 0 Å². The third-order valence-corrected chi connectivity index (χ3v) is 3.53. The molecule has 1 aromatic heterocycles. The molecule has 1 aromatic rings. The van der Waals surface area contributed by atoms with Crippen LogP contribution >= 0.6 is 0 Å². The summed E-state index contributed by atoms with van der Waals surface area (Å²) in [6, 6.07) is 3.20. The van der Waals surface area contributed by atoms with E-state index in [0.29, 0.717) is 12.1 Å². The summed E-state index contributed by atoms with van der Waals surface area (Å²) in [6.45, 7) is 7.39. The molecular weight excluding hydrogens is 212 g/mol. The predicted molar refractivity (Wildman–Crippen MR) is 70.2 cm³/mol. The second-order valence-corrected chi connectivity index (χ2v) is 5.14. The number of nitrogens with zero attached hydrogens (tertiary/aromatic N) is 3. The van der Waals surface area contributed by atoms with Crippen molar-refractivity contribution in [3.63, 3.8) is 0 Å². The van der Waals surface area contributed by atoms with Gasteiger partial charge in [-0.25, -0.2) is 9.97 Å². The standard InChI is InChI=1S/C13H22N4/c1-9-7-13(15-11(3)14-9)16-12-5-6-17(4)10(2)8-12/h7,10,12H,5-6,8H2,1-4H3,(H,14,15,16). The van der Waals surface area contributed by atoms with Gasteiger partial charge in [-0.05, 0) is 40.7 Å². The average molecular weight is 234 g/mol. The molecule has 2 rings (SSSR count). The van der Waals surface area contributed by atoms with Crippen LogP contribution in [0.1, 0.15) is 31.3 Å². The van der Waals surface area contributed by atoms with E-state index in [0.717, 1.165) is 23.9 Å². The number of anilines is 1. The Morgan fingerprint density at radius 2 is 2.12 bits per heavy atom. The summed E-state index contributed by atoms with van der Waals surface area (Å²) < 4.78 is 0. The first-order valence-electron chi connectivity index (χ1n) is 6.33. The average Bonchev–Trinajstić information content (AvgIpc) is 2.22. The summed E-state index contributed by atoms with van der Waals surface area (Å²) in [6.07, 6.45) is 2.36. The highest BCUT2D eigenvalue weighted by Crippen LogP contribution is 2.19. The summed E-state index contributed by atoms with van der Waals surface area (Å²) in [7, 11) is 2.19. The summed E-state index contributed by atoms with van der Waals surface area (Å²) in [5.41, 5.74) is 1.03. The van der Waals surface area contributed by atoms with Crippen molar-refractivity contribution in [3.05, 3.63) is 17.6 Å². The van der Waals surface area contributed by atoms with Crippen molar-refractivity contribution >= 4 is 5.82 Å². The van der Waals surface area contributed by atoms with Crippen molar-refractivity contribution in [2.75, 3.05) is 18.9 Å². The van der Waals surface area contributed by atoms with Crippen LogP contribution in [0, 0.1) is 13.8 Å². The molecule has 0 aliphatic carbocycles. The number of aryl methyl sites for hydroxylation is 2. The van der Waals surface area contributed by atoms with Crippen molar-refractivity contribution in [2.45, 2.75) is 45.7 Å². The molecule has 94 valence electrons. The molecule has 17 heavy (non-hydrogen) atoms. The number of hydrogen-bond donors (Lipinski definition) is 1. The van der Waals surface area contributed by atoms with Gasteiger partial charge in [0.1, 0.15) is 11.6 Å². The Labute approximate surface area is 103 Å². The quantitative estimate of drug-likeness (QED) is 0.849. The zero-order valence-electron chi connectivity index (χ0n) is 11.2. The Balaban J connectivity index is 2.01. The topological polar surface area (TPSA) is 41.0 Å². The zero-order chi connectivity index (χ0) is 12.4. The van der Waals surface area contributed by atoms with Crippen LogP contribution < -0.4 is 5.32 Å². The molecule has 1 aliphatic heterocycles. The highest BCUT2D eigenvalue weighted by molar-refractivity contribution is 5.37. The second-order valence-electron chi connectivity index (χ2n) is 5.14. The molecule has 0 bridgehead atoms. The van der Waals surface area contributed by atoms with Gasteiger partial charge >= 0.3 is 0 Å². The monoisotopic (exact) mass is 234 g/mol. The number of piperidine rings is 1. The number of likely N-dealkylation sites (tertiary alicyclic amines) is 1. The molecule has 1 saturated heterocycles. The van der Waals surface area contributed by atoms with Gasteiger partial charge in [-0.15, -0.1) is 0 Å². The van der Waals surface area contributed by atoms with E-state index >= 15 is 0 Å². The van der Waals surface area contributed by atoms with E-state index in [4.69, 9.17) is 0 Å². The molecule has 1 fully saturated rings. The van der Waals surface area contributed by atoms with Crippen molar-refractivity contribution in [1.29, 1.82) is 0 Å². The molecule has 1 aliphatic rings. The fraction of sp³-hybridized carbons (Fsp3) is 0.692. The Morgan fingerprint density at radius 1 is 1.35 bits per heavy atom. The smallest absolute Gasteiger partial charge is 0.130 e. The van der Waals surface area contributed by atoms with Crippen molar-refractivity contribution in [1.82, 2.24) is 14.9 Å². The Bertz CT molecular complexity index is 371. The lowest BCUT2D eigenvalue weighted by Gasteiger charge is -2.35. The minimum Gasteiger partial charge on any atom is -0.367 e. The molecule has 0 radical (unpaired) electrons. The Kier molecular flexibility index (Phi) is 3.62. The number of aromatic nitrogens is 2. The number of hydrogen-bond acceptors (Lipinski definition) is 4. The van der Waals surface area contributed by atoms with Crippen LogP contribution in [0.3, 0.4) is 0 Å². The summed E-state index contributed by atoms with van der Waals surface area (Å²) in [4.78, 5) is 11.1. The fourth-order valence-corrected chi connectivity index (χ4v) is 2.42. The molecule has 1 N–H and O–H groups in total. The van der Waals surface area contributed by atoms with Gasteiger partial charge in [-0.2, -0.15) is 0 Å². The van der Waals surface area contributed by atoms with Crippen molar-refractivity contribution < 1.29 is 0 Å². The van der Waals surface area contributed by atoms with Crippen LogP contribution in [0.2, 0.25) is 0 Å². The second kappa shape index (κ2) is 5.00. The van der Waals surface area contributed by atoms with E-state index in [1.165, 1.54) is 12.8 Å². The van der Waals surface area contributed by atoms with E-state index < -0.39 is 0 Å². The highest BCUT2D eigenvalue weighted by Gasteiger charge is 2.22. The first-order chi connectivity index (χ1) is 8.04. The minimum absolute atomic E-state index is 0.537. The maximum atomic E-state index is 4.44. The predicted octanol–water partition coefficient (Wildman–Crippen LogP) is 1.99. The molecule has 0 spiro atoms. The lowest BCUT2D eigenvalue weighted by molar-refractivity contribution is 0.190. The van der Waals surface area contributed by atoms with Gasteiger partial charge in [0.25, 0.3) is 0 Å². The van der Waals surface area contributed by atoms with Crippen LogP contribution in [-0.4, -0.2) is 40.5 Å². The Morgan fingerprint density at radius 3 is 2.76 bits per heavy atom. The van der Waals surface area contributed by atoms with Crippen LogP contribution in [0.4, 0.5) is 5.82 Å². The first-order valence-corrected chi connectivity index (χ1v) is 6.33. The summed E-state index contributed by atoms with van der Waals surface area (Å²) >= 11 is 0. The van der Waals surface area contributed by atoms with E-state index in [2.05, 4.69) is 34.2 Å². The third kappa shape index (κ3) is 3.16. The highest BCUT2D eigenvalue weighted by atomic mass is 15.2. The zero-order valence-corrected chi connectivity index (χ0v) is 11.2. The molecule has 0 aromatic carbocycles. The van der Waals surface area contributed by atoms with Crippen LogP contribution in [0.5, 0.6) is 0 Å². The maximum absolute atomic E-state index is 4.44. The lowest BCUT2D eigenvalue weighted by atomic mass is 9.99. The SMILES string of the molecule is Cc1cc(NC2CCN(C)C(C)C2)nc(C)n1. The van der Waals surface area contributed by atoms with Crippen molar-refractivity contribution in [3.8, 4) is 0 Å². The first kappa shape index (κ1) is 12.3. The molecule has 2 heterocycles. The van der Waals surface area contributed by atoms with E-state index in [-0.39, 0.29) is 0 Å². The molecule has 4 heteroatoms. The van der Waals surface area contributed by atoms with E-state index in [1.54, 1.807) is 0 Å². The molecule has 2 unspecified atom stereocenters.